The van der Waals surface area contributed by atoms with Crippen molar-refractivity contribution in [3.8, 4) is 0 Å². The molecule has 1 fully saturated rings. The summed E-state index contributed by atoms with van der Waals surface area (Å²) in [6.45, 7) is 1.71. The Hall–Kier alpha value is 0.534. The molecule has 0 aromatic rings. The van der Waals surface area contributed by atoms with Crippen LogP contribution in [0.15, 0.2) is 0 Å². The molecule has 4 heteroatoms. The minimum Gasteiger partial charge on any atom is -0.667 e. The molecule has 1 atom stereocenters. The zero-order chi connectivity index (χ0) is 6.69. The van der Waals surface area contributed by atoms with Gasteiger partial charge in [0.2, 0.25) is 0 Å². The van der Waals surface area contributed by atoms with Crippen LogP contribution in [0.5, 0.6) is 0 Å². The maximum absolute atomic E-state index is 10.4. The van der Waals surface area contributed by atoms with Crippen molar-refractivity contribution < 1.29 is 37.5 Å². The van der Waals surface area contributed by atoms with E-state index in [4.69, 9.17) is 5.73 Å². The zero-order valence-corrected chi connectivity index (χ0v) is 8.73. The van der Waals surface area contributed by atoms with Gasteiger partial charge in [-0.15, -0.1) is 0 Å². The molecule has 1 rings (SSSR count). The number of hydrogen-bond donors (Lipinski definition) is 1. The molecule has 1 heterocycles. The van der Waals surface area contributed by atoms with E-state index >= 15 is 0 Å². The molecular formula is C6H11N2OY-. The predicted octanol–water partition coefficient (Wildman–Crippen LogP) is 0.562. The van der Waals surface area contributed by atoms with Gasteiger partial charge in [0.25, 0.3) is 0 Å². The number of rotatable bonds is 1. The summed E-state index contributed by atoms with van der Waals surface area (Å²) in [5.74, 6) is -0.444. The molecule has 10 heavy (non-hydrogen) atoms. The van der Waals surface area contributed by atoms with E-state index in [1.54, 1.807) is 0 Å². The molecule has 0 saturated carbocycles. The second-order valence-corrected chi connectivity index (χ2v) is 2.41. The van der Waals surface area contributed by atoms with E-state index in [1.807, 2.05) is 0 Å². The molecule has 3 nitrogen and oxygen atoms in total. The average molecular weight is 216 g/mol. The van der Waals surface area contributed by atoms with Crippen LogP contribution < -0.4 is 5.32 Å². The molecule has 1 aliphatic rings. The summed E-state index contributed by atoms with van der Waals surface area (Å²) in [5, 5.41) is 3.08. The van der Waals surface area contributed by atoms with Gasteiger partial charge in [0.1, 0.15) is 0 Å². The maximum atomic E-state index is 10.4. The van der Waals surface area contributed by atoms with Crippen LogP contribution in [0.4, 0.5) is 0 Å². The molecule has 2 N–H and O–H groups in total. The Morgan fingerprint density at radius 2 is 2.30 bits per heavy atom. The average Bonchev–Trinajstić information content (AvgIpc) is 1.90. The summed E-state index contributed by atoms with van der Waals surface area (Å²) < 4.78 is 0. The van der Waals surface area contributed by atoms with Crippen LogP contribution in [-0.4, -0.2) is 19.0 Å². The summed E-state index contributed by atoms with van der Waals surface area (Å²) in [7, 11) is 0. The Bertz CT molecular complexity index is 112. The molecule has 0 aromatic carbocycles. The normalized spacial score (nSPS) is 25.0. The van der Waals surface area contributed by atoms with E-state index in [2.05, 4.69) is 5.32 Å². The van der Waals surface area contributed by atoms with Crippen molar-refractivity contribution >= 4 is 5.91 Å². The van der Waals surface area contributed by atoms with Crippen molar-refractivity contribution in [3.63, 3.8) is 0 Å². The molecule has 0 spiro atoms. The van der Waals surface area contributed by atoms with Crippen molar-refractivity contribution in [1.82, 2.24) is 5.32 Å². The fraction of sp³-hybridized carbons (Fsp3) is 0.833. The maximum Gasteiger partial charge on any atom is 0.0532 e. The van der Waals surface area contributed by atoms with E-state index in [0.29, 0.717) is 6.54 Å². The second kappa shape index (κ2) is 5.22. The van der Waals surface area contributed by atoms with Crippen LogP contribution in [0.3, 0.4) is 0 Å². The molecule has 0 aromatic heterocycles. The first kappa shape index (κ1) is 10.5. The molecular weight excluding hydrogens is 205 g/mol. The largest absolute Gasteiger partial charge is 0.667 e. The van der Waals surface area contributed by atoms with Crippen molar-refractivity contribution in [2.75, 3.05) is 13.1 Å². The van der Waals surface area contributed by atoms with Gasteiger partial charge in [0.05, 0.1) is 5.91 Å². The van der Waals surface area contributed by atoms with Crippen LogP contribution in [-0.2, 0) is 37.5 Å². The van der Waals surface area contributed by atoms with E-state index < -0.39 is 5.91 Å². The summed E-state index contributed by atoms with van der Waals surface area (Å²) in [4.78, 5) is 10.4. The summed E-state index contributed by atoms with van der Waals surface area (Å²) >= 11 is 0. The van der Waals surface area contributed by atoms with Gasteiger partial charge >= 0.3 is 0 Å². The number of hydrogen-bond acceptors (Lipinski definition) is 2. The third kappa shape index (κ3) is 3.08. The Kier molecular flexibility index (Phi) is 5.50. The quantitative estimate of drug-likeness (QED) is 0.696. The Morgan fingerprint density at radius 1 is 1.60 bits per heavy atom. The Labute approximate surface area is 86.0 Å². The van der Waals surface area contributed by atoms with E-state index in [-0.39, 0.29) is 38.6 Å². The van der Waals surface area contributed by atoms with Gasteiger partial charge in [0.15, 0.2) is 0 Å². The first-order valence-electron chi connectivity index (χ1n) is 3.27. The van der Waals surface area contributed by atoms with Crippen LogP contribution in [0.2, 0.25) is 0 Å². The number of amides is 1. The standard InChI is InChI=1S/C6H12N2O.Y/c7-6(9)5-2-1-3-8-4-5;/h5,8H,1-4H2,(H2,7,9);/p-1. The Morgan fingerprint density at radius 3 is 2.60 bits per heavy atom. The molecule has 1 aliphatic heterocycles. The van der Waals surface area contributed by atoms with Crippen LogP contribution >= 0.6 is 0 Å². The van der Waals surface area contributed by atoms with Crippen LogP contribution in [0.25, 0.3) is 5.73 Å². The Balaban J connectivity index is 0.000000810. The van der Waals surface area contributed by atoms with Crippen molar-refractivity contribution in [1.29, 1.82) is 0 Å². The number of carbonyl (C=O) groups is 1. The van der Waals surface area contributed by atoms with Gasteiger partial charge < -0.3 is 15.8 Å². The van der Waals surface area contributed by atoms with E-state index in [9.17, 15) is 4.79 Å². The molecule has 1 saturated heterocycles. The molecule has 1 amide bonds. The third-order valence-electron chi connectivity index (χ3n) is 1.67. The van der Waals surface area contributed by atoms with Crippen molar-refractivity contribution in [2.24, 2.45) is 5.92 Å². The zero-order valence-electron chi connectivity index (χ0n) is 5.89. The molecule has 0 bridgehead atoms. The predicted molar refractivity (Wildman–Crippen MR) is 34.9 cm³/mol. The van der Waals surface area contributed by atoms with Gasteiger partial charge in [-0.3, -0.25) is 0 Å². The molecule has 1 unspecified atom stereocenters. The minimum atomic E-state index is -0.415. The van der Waals surface area contributed by atoms with Crippen LogP contribution in [0.1, 0.15) is 12.8 Å². The van der Waals surface area contributed by atoms with Gasteiger partial charge in [-0.05, 0) is 19.4 Å². The minimum absolute atomic E-state index is 0. The van der Waals surface area contributed by atoms with Crippen molar-refractivity contribution in [2.45, 2.75) is 12.8 Å². The van der Waals surface area contributed by atoms with Crippen molar-refractivity contribution in [3.05, 3.63) is 5.73 Å². The van der Waals surface area contributed by atoms with Gasteiger partial charge in [-0.1, -0.05) is 0 Å². The molecule has 0 aliphatic carbocycles. The summed E-state index contributed by atoms with van der Waals surface area (Å²) in [5.41, 5.74) is 6.79. The SMILES string of the molecule is [NH-]C(=O)C1CCCNC1.[Y]. The van der Waals surface area contributed by atoms with Gasteiger partial charge in [-0.25, -0.2) is 0 Å². The fourth-order valence-corrected chi connectivity index (χ4v) is 1.08. The molecule has 55 valence electrons. The third-order valence-corrected chi connectivity index (χ3v) is 1.67. The first-order valence-corrected chi connectivity index (χ1v) is 3.27. The van der Waals surface area contributed by atoms with Crippen LogP contribution in [0, 0.1) is 5.92 Å². The number of piperidine rings is 1. The smallest absolute Gasteiger partial charge is 0.0532 e. The molecule has 1 radical (unpaired) electrons. The number of nitrogens with one attached hydrogen (secondary N) is 2. The summed E-state index contributed by atoms with van der Waals surface area (Å²) in [6, 6.07) is 0. The van der Waals surface area contributed by atoms with E-state index in [1.165, 1.54) is 0 Å². The monoisotopic (exact) mass is 216 g/mol. The number of carbonyl (C=O) groups excluding carboxylic acids is 1. The first-order chi connectivity index (χ1) is 4.30. The summed E-state index contributed by atoms with van der Waals surface area (Å²) in [6.07, 6.45) is 1.94. The van der Waals surface area contributed by atoms with E-state index in [0.717, 1.165) is 19.4 Å². The van der Waals surface area contributed by atoms with Gasteiger partial charge in [-0.2, -0.15) is 0 Å². The van der Waals surface area contributed by atoms with Gasteiger partial charge in [0, 0.05) is 45.2 Å². The fourth-order valence-electron chi connectivity index (χ4n) is 1.08. The second-order valence-electron chi connectivity index (χ2n) is 2.41. The topological polar surface area (TPSA) is 52.9 Å².